The lowest BCUT2D eigenvalue weighted by atomic mass is 9.60. The van der Waals surface area contributed by atoms with Gasteiger partial charge in [0.1, 0.15) is 0 Å². The van der Waals surface area contributed by atoms with Crippen LogP contribution in [0.4, 0.5) is 0 Å². The first kappa shape index (κ1) is 12.0. The van der Waals surface area contributed by atoms with E-state index in [2.05, 4.69) is 63.7 Å². The Bertz CT molecular complexity index is 99.0. The van der Waals surface area contributed by atoms with Crippen molar-refractivity contribution in [2.24, 2.45) is 23.7 Å². The van der Waals surface area contributed by atoms with E-state index in [9.17, 15) is 0 Å². The molecular weight excluding hydrogens is 416 g/mol. The fraction of sp³-hybridized carbons (Fsp3) is 1.00. The Morgan fingerprint density at radius 1 is 0.500 bits per heavy atom. The number of alkyl halides is 4. The number of rotatable bonds is 4. The second-order valence-corrected chi connectivity index (χ2v) is 5.86. The van der Waals surface area contributed by atoms with Crippen LogP contribution in [0, 0.1) is 23.7 Å². The molecule has 0 atom stereocenters. The Hall–Kier alpha value is 1.92. The molecule has 1 rings (SSSR count). The lowest BCUT2D eigenvalue weighted by Crippen LogP contribution is -2.50. The SMILES string of the molecule is BrCC1C(CBr)C(CBr)C1CBr. The molecule has 0 saturated heterocycles. The quantitative estimate of drug-likeness (QED) is 0.594. The average Bonchev–Trinajstić information content (AvgIpc) is 2.05. The van der Waals surface area contributed by atoms with Crippen molar-refractivity contribution in [1.29, 1.82) is 0 Å². The minimum Gasteiger partial charge on any atom is -0.0925 e. The molecule has 1 aliphatic rings. The molecule has 0 heterocycles. The Morgan fingerprint density at radius 2 is 0.667 bits per heavy atom. The van der Waals surface area contributed by atoms with Gasteiger partial charge in [0.05, 0.1) is 0 Å². The fourth-order valence-corrected chi connectivity index (χ4v) is 5.88. The van der Waals surface area contributed by atoms with Crippen LogP contribution in [0.5, 0.6) is 0 Å². The van der Waals surface area contributed by atoms with Crippen molar-refractivity contribution < 1.29 is 0 Å². The summed E-state index contributed by atoms with van der Waals surface area (Å²) < 4.78 is 0. The van der Waals surface area contributed by atoms with E-state index in [1.165, 1.54) is 0 Å². The van der Waals surface area contributed by atoms with Crippen LogP contribution in [-0.4, -0.2) is 21.3 Å². The van der Waals surface area contributed by atoms with Crippen molar-refractivity contribution in [1.82, 2.24) is 0 Å². The normalized spacial score (nSPS) is 41.0. The molecule has 0 radical (unpaired) electrons. The summed E-state index contributed by atoms with van der Waals surface area (Å²) in [6, 6.07) is 0. The minimum atomic E-state index is 0.853. The predicted molar refractivity (Wildman–Crippen MR) is 69.1 cm³/mol. The van der Waals surface area contributed by atoms with Gasteiger partial charge in [-0.1, -0.05) is 63.7 Å². The first-order valence-corrected chi connectivity index (χ1v) is 8.52. The lowest BCUT2D eigenvalue weighted by Gasteiger charge is -2.50. The van der Waals surface area contributed by atoms with Gasteiger partial charge in [0.25, 0.3) is 0 Å². The molecule has 0 nitrogen and oxygen atoms in total. The van der Waals surface area contributed by atoms with Crippen molar-refractivity contribution in [2.45, 2.75) is 0 Å². The van der Waals surface area contributed by atoms with E-state index in [-0.39, 0.29) is 0 Å². The standard InChI is InChI=1S/C8H12Br4/c9-1-5-6(2-10)8(4-12)7(5)3-11/h5-8H,1-4H2. The van der Waals surface area contributed by atoms with Crippen molar-refractivity contribution in [3.63, 3.8) is 0 Å². The fourth-order valence-electron chi connectivity index (χ4n) is 2.04. The number of halogens is 4. The third-order valence-electron chi connectivity index (χ3n) is 2.91. The maximum atomic E-state index is 3.59. The maximum Gasteiger partial charge on any atom is 0.00657 e. The van der Waals surface area contributed by atoms with E-state index in [1.54, 1.807) is 0 Å². The van der Waals surface area contributed by atoms with Gasteiger partial charge in [0.2, 0.25) is 0 Å². The van der Waals surface area contributed by atoms with Crippen LogP contribution >= 0.6 is 63.7 Å². The summed E-state index contributed by atoms with van der Waals surface area (Å²) in [5.41, 5.74) is 0. The summed E-state index contributed by atoms with van der Waals surface area (Å²) in [6.07, 6.45) is 0. The summed E-state index contributed by atoms with van der Waals surface area (Å²) in [5.74, 6) is 3.41. The molecule has 1 saturated carbocycles. The van der Waals surface area contributed by atoms with Gasteiger partial charge in [-0.05, 0) is 23.7 Å². The van der Waals surface area contributed by atoms with Crippen LogP contribution in [0.25, 0.3) is 0 Å². The van der Waals surface area contributed by atoms with E-state index in [0.29, 0.717) is 0 Å². The van der Waals surface area contributed by atoms with E-state index >= 15 is 0 Å². The van der Waals surface area contributed by atoms with Crippen LogP contribution in [0.15, 0.2) is 0 Å². The molecule has 1 fully saturated rings. The van der Waals surface area contributed by atoms with Gasteiger partial charge in [0.15, 0.2) is 0 Å². The molecule has 0 aromatic rings. The zero-order chi connectivity index (χ0) is 9.14. The molecule has 12 heavy (non-hydrogen) atoms. The molecule has 0 unspecified atom stereocenters. The summed E-state index contributed by atoms with van der Waals surface area (Å²) in [5, 5.41) is 4.57. The molecule has 0 N–H and O–H groups in total. The second kappa shape index (κ2) is 5.72. The zero-order valence-corrected chi connectivity index (χ0v) is 13.0. The van der Waals surface area contributed by atoms with E-state index in [0.717, 1.165) is 45.0 Å². The Labute approximate surface area is 108 Å². The first-order chi connectivity index (χ1) is 5.79. The van der Waals surface area contributed by atoms with Gasteiger partial charge < -0.3 is 0 Å². The Morgan fingerprint density at radius 3 is 0.750 bits per heavy atom. The van der Waals surface area contributed by atoms with Crippen molar-refractivity contribution >= 4 is 63.7 Å². The Kier molecular flexibility index (Phi) is 5.71. The molecule has 0 aliphatic heterocycles. The summed E-state index contributed by atoms with van der Waals surface area (Å²) in [4.78, 5) is 0. The summed E-state index contributed by atoms with van der Waals surface area (Å²) in [7, 11) is 0. The highest BCUT2D eigenvalue weighted by Gasteiger charge is 2.47. The van der Waals surface area contributed by atoms with Gasteiger partial charge in [-0.25, -0.2) is 0 Å². The molecule has 0 bridgehead atoms. The summed E-state index contributed by atoms with van der Waals surface area (Å²) in [6.45, 7) is 0. The smallest absolute Gasteiger partial charge is 0.00657 e. The highest BCUT2D eigenvalue weighted by Crippen LogP contribution is 2.49. The molecule has 1 aliphatic carbocycles. The topological polar surface area (TPSA) is 0 Å². The molecule has 0 aromatic carbocycles. The van der Waals surface area contributed by atoms with E-state index < -0.39 is 0 Å². The Balaban J connectivity index is 2.52. The molecule has 0 amide bonds. The van der Waals surface area contributed by atoms with Crippen molar-refractivity contribution in [2.75, 3.05) is 21.3 Å². The first-order valence-electron chi connectivity index (χ1n) is 4.04. The van der Waals surface area contributed by atoms with Crippen molar-refractivity contribution in [3.8, 4) is 0 Å². The largest absolute Gasteiger partial charge is 0.0925 e. The van der Waals surface area contributed by atoms with Gasteiger partial charge in [0, 0.05) is 21.3 Å². The van der Waals surface area contributed by atoms with Gasteiger partial charge in [-0.3, -0.25) is 0 Å². The van der Waals surface area contributed by atoms with Crippen LogP contribution < -0.4 is 0 Å². The molecular formula is C8H12Br4. The number of hydrogen-bond acceptors (Lipinski definition) is 0. The molecule has 72 valence electrons. The third-order valence-corrected chi connectivity index (χ3v) is 5.90. The van der Waals surface area contributed by atoms with Crippen LogP contribution in [0.3, 0.4) is 0 Å². The predicted octanol–water partition coefficient (Wildman–Crippen LogP) is 4.04. The van der Waals surface area contributed by atoms with Gasteiger partial charge >= 0.3 is 0 Å². The molecule has 0 spiro atoms. The van der Waals surface area contributed by atoms with E-state index in [1.807, 2.05) is 0 Å². The maximum absolute atomic E-state index is 3.59. The van der Waals surface area contributed by atoms with Gasteiger partial charge in [-0.2, -0.15) is 0 Å². The van der Waals surface area contributed by atoms with Crippen LogP contribution in [0.1, 0.15) is 0 Å². The molecule has 0 aromatic heterocycles. The zero-order valence-electron chi connectivity index (χ0n) is 6.65. The number of hydrogen-bond donors (Lipinski definition) is 0. The van der Waals surface area contributed by atoms with Crippen LogP contribution in [-0.2, 0) is 0 Å². The third kappa shape index (κ3) is 2.12. The average molecular weight is 428 g/mol. The van der Waals surface area contributed by atoms with Gasteiger partial charge in [-0.15, -0.1) is 0 Å². The lowest BCUT2D eigenvalue weighted by molar-refractivity contribution is 0.0488. The summed E-state index contributed by atoms with van der Waals surface area (Å²) >= 11 is 14.4. The van der Waals surface area contributed by atoms with E-state index in [4.69, 9.17) is 0 Å². The van der Waals surface area contributed by atoms with Crippen LogP contribution in [0.2, 0.25) is 0 Å². The monoisotopic (exact) mass is 424 g/mol. The highest BCUT2D eigenvalue weighted by molar-refractivity contribution is 9.09. The van der Waals surface area contributed by atoms with Crippen molar-refractivity contribution in [3.05, 3.63) is 0 Å². The molecule has 4 heteroatoms. The second-order valence-electron chi connectivity index (χ2n) is 3.27. The highest BCUT2D eigenvalue weighted by atomic mass is 79.9. The minimum absolute atomic E-state index is 0.853.